The molecule has 0 bridgehead atoms. The molecule has 3 aromatic carbocycles. The van der Waals surface area contributed by atoms with Crippen molar-refractivity contribution < 1.29 is 25.3 Å². The maximum absolute atomic E-state index is 15.0. The molecule has 0 N–H and O–H groups in total. The molecule has 0 aliphatic carbocycles. The average molecular weight is 838 g/mol. The zero-order valence-corrected chi connectivity index (χ0v) is 39.3. The highest BCUT2D eigenvalue weighted by molar-refractivity contribution is 7.90. The molecule has 3 aromatic rings. The van der Waals surface area contributed by atoms with Crippen molar-refractivity contribution in [2.75, 3.05) is 39.3 Å². The standard InChI is InChI=1S/C45H63N3O6S3/c1-25-19-46(55(49,50)43-37(13)31(7)28(4)32(8)38(43)14)21-26(2)23-48(57(53,54)45-41(17)35(11)30(6)36(12)42(45)18)24-27(3)22-47(20-25)56(51,52)44-39(15)33(9)29(5)34(10)40(44)16/h1-3,19-24H2,4-18H3. The predicted octanol–water partition coefficient (Wildman–Crippen LogP) is 8.37. The van der Waals surface area contributed by atoms with Gasteiger partial charge in [-0.15, -0.1) is 0 Å². The van der Waals surface area contributed by atoms with Gasteiger partial charge in [0.2, 0.25) is 30.1 Å². The van der Waals surface area contributed by atoms with Crippen LogP contribution in [0, 0.1) is 104 Å². The van der Waals surface area contributed by atoms with E-state index in [0.29, 0.717) is 50.1 Å². The molecule has 4 rings (SSSR count). The second kappa shape index (κ2) is 16.3. The normalized spacial score (nSPS) is 16.6. The van der Waals surface area contributed by atoms with Gasteiger partial charge in [-0.05, 0) is 204 Å². The molecule has 0 unspecified atom stereocenters. The highest BCUT2D eigenvalue weighted by Gasteiger charge is 2.37. The first kappa shape index (κ1) is 46.3. The van der Waals surface area contributed by atoms with E-state index < -0.39 is 30.1 Å². The van der Waals surface area contributed by atoms with Crippen LogP contribution >= 0.6 is 0 Å². The zero-order chi connectivity index (χ0) is 43.6. The van der Waals surface area contributed by atoms with Gasteiger partial charge in [-0.3, -0.25) is 0 Å². The quantitative estimate of drug-likeness (QED) is 0.231. The van der Waals surface area contributed by atoms with Gasteiger partial charge in [0.05, 0.1) is 14.7 Å². The van der Waals surface area contributed by atoms with Crippen LogP contribution in [0.3, 0.4) is 0 Å². The Morgan fingerprint density at radius 1 is 0.281 bits per heavy atom. The van der Waals surface area contributed by atoms with Crippen molar-refractivity contribution in [2.24, 2.45) is 0 Å². The van der Waals surface area contributed by atoms with E-state index in [1.165, 1.54) is 12.9 Å². The molecular formula is C45H63N3O6S3. The number of sulfonamides is 3. The maximum Gasteiger partial charge on any atom is 0.244 e. The monoisotopic (exact) mass is 837 g/mol. The molecule has 312 valence electrons. The molecule has 12 heteroatoms. The smallest absolute Gasteiger partial charge is 0.207 e. The first-order valence-electron chi connectivity index (χ1n) is 19.2. The van der Waals surface area contributed by atoms with Gasteiger partial charge in [-0.1, -0.05) is 19.7 Å². The Kier molecular flexibility index (Phi) is 13.3. The van der Waals surface area contributed by atoms with E-state index in [2.05, 4.69) is 19.7 Å². The molecule has 1 aliphatic rings. The Labute approximate surface area is 344 Å². The number of hydrogen-bond acceptors (Lipinski definition) is 6. The van der Waals surface area contributed by atoms with Gasteiger partial charge in [0.15, 0.2) is 0 Å². The summed E-state index contributed by atoms with van der Waals surface area (Å²) in [6, 6.07) is 0. The summed E-state index contributed by atoms with van der Waals surface area (Å²) in [5.74, 6) is 0. The summed E-state index contributed by atoms with van der Waals surface area (Å²) < 4.78 is 93.6. The SMILES string of the molecule is C=C1CN(S(=O)(=O)c2c(C)c(C)c(C)c(C)c2C)CC(=C)CN(S(=O)(=O)c2c(C)c(C)c(C)c(C)c2C)CC(=C)CN(S(=O)(=O)c2c(C)c(C)c(C)c(C)c2C)C1. The number of benzene rings is 3. The molecule has 0 saturated carbocycles. The minimum atomic E-state index is -4.26. The van der Waals surface area contributed by atoms with Gasteiger partial charge in [-0.2, -0.15) is 12.9 Å². The topological polar surface area (TPSA) is 112 Å². The molecule has 1 heterocycles. The van der Waals surface area contributed by atoms with Gasteiger partial charge >= 0.3 is 0 Å². The Morgan fingerprint density at radius 2 is 0.404 bits per heavy atom. The van der Waals surface area contributed by atoms with E-state index in [4.69, 9.17) is 0 Å². The molecule has 9 nitrogen and oxygen atoms in total. The molecule has 0 radical (unpaired) electrons. The van der Waals surface area contributed by atoms with Crippen molar-refractivity contribution in [3.8, 4) is 0 Å². The maximum atomic E-state index is 15.0. The van der Waals surface area contributed by atoms with Gasteiger partial charge in [0.25, 0.3) is 0 Å². The van der Waals surface area contributed by atoms with Crippen LogP contribution in [0.25, 0.3) is 0 Å². The third-order valence-electron chi connectivity index (χ3n) is 13.0. The van der Waals surface area contributed by atoms with E-state index in [-0.39, 0.29) is 54.0 Å². The lowest BCUT2D eigenvalue weighted by atomic mass is 9.95. The molecule has 0 spiro atoms. The van der Waals surface area contributed by atoms with Crippen molar-refractivity contribution in [2.45, 2.75) is 119 Å². The second-order valence-corrected chi connectivity index (χ2v) is 22.1. The molecule has 0 amide bonds. The fourth-order valence-corrected chi connectivity index (χ4v) is 14.4. The van der Waals surface area contributed by atoms with Gasteiger partial charge < -0.3 is 0 Å². The van der Waals surface area contributed by atoms with Crippen LogP contribution in [0.5, 0.6) is 0 Å². The Balaban J connectivity index is 1.99. The average Bonchev–Trinajstić information content (AvgIpc) is 3.11. The third kappa shape index (κ3) is 8.15. The molecule has 1 fully saturated rings. The van der Waals surface area contributed by atoms with Crippen molar-refractivity contribution in [1.82, 2.24) is 12.9 Å². The van der Waals surface area contributed by atoms with Gasteiger partial charge in [0, 0.05) is 39.3 Å². The minimum absolute atomic E-state index is 0.173. The second-order valence-electron chi connectivity index (χ2n) is 16.4. The number of nitrogens with zero attached hydrogens (tertiary/aromatic N) is 3. The summed E-state index contributed by atoms with van der Waals surface area (Å²) in [4.78, 5) is 0.519. The largest absolute Gasteiger partial charge is 0.244 e. The lowest BCUT2D eigenvalue weighted by molar-refractivity contribution is 0.393. The van der Waals surface area contributed by atoms with Gasteiger partial charge in [-0.25, -0.2) is 25.3 Å². The highest BCUT2D eigenvalue weighted by atomic mass is 32.2. The fraction of sp³-hybridized carbons (Fsp3) is 0.467. The first-order chi connectivity index (χ1) is 26.0. The van der Waals surface area contributed by atoms with Crippen molar-refractivity contribution >= 4 is 30.1 Å². The lowest BCUT2D eigenvalue weighted by Gasteiger charge is -2.33. The summed E-state index contributed by atoms with van der Waals surface area (Å²) in [5.41, 5.74) is 12.9. The minimum Gasteiger partial charge on any atom is -0.207 e. The van der Waals surface area contributed by atoms with Crippen LogP contribution in [-0.4, -0.2) is 77.4 Å². The Hall–Kier alpha value is -3.39. The molecular weight excluding hydrogens is 775 g/mol. The molecule has 0 aromatic heterocycles. The van der Waals surface area contributed by atoms with Gasteiger partial charge in [0.1, 0.15) is 0 Å². The molecule has 1 aliphatic heterocycles. The van der Waals surface area contributed by atoms with E-state index >= 15 is 0 Å². The van der Waals surface area contributed by atoms with Crippen molar-refractivity contribution in [1.29, 1.82) is 0 Å². The summed E-state index contributed by atoms with van der Waals surface area (Å²) in [6.45, 7) is 39.5. The molecule has 0 atom stereocenters. The summed E-state index contributed by atoms with van der Waals surface area (Å²) in [7, 11) is -12.8. The predicted molar refractivity (Wildman–Crippen MR) is 234 cm³/mol. The fourth-order valence-electron chi connectivity index (χ4n) is 8.27. The van der Waals surface area contributed by atoms with Crippen molar-refractivity contribution in [3.05, 3.63) is 120 Å². The zero-order valence-electron chi connectivity index (χ0n) is 36.9. The molecule has 57 heavy (non-hydrogen) atoms. The van der Waals surface area contributed by atoms with Crippen LogP contribution in [0.15, 0.2) is 51.1 Å². The first-order valence-corrected chi connectivity index (χ1v) is 23.6. The van der Waals surface area contributed by atoms with E-state index in [1.54, 1.807) is 41.5 Å². The van der Waals surface area contributed by atoms with Crippen molar-refractivity contribution in [3.63, 3.8) is 0 Å². The number of hydrogen-bond donors (Lipinski definition) is 0. The Bertz CT molecular complexity index is 2190. The highest BCUT2D eigenvalue weighted by Crippen LogP contribution is 2.36. The third-order valence-corrected chi connectivity index (χ3v) is 19.2. The summed E-state index contributed by atoms with van der Waals surface area (Å²) in [6.07, 6.45) is 0. The molecule has 1 saturated heterocycles. The van der Waals surface area contributed by atoms with E-state index in [0.717, 1.165) is 50.1 Å². The summed E-state index contributed by atoms with van der Waals surface area (Å²) in [5, 5.41) is 0. The van der Waals surface area contributed by atoms with Crippen LogP contribution < -0.4 is 0 Å². The van der Waals surface area contributed by atoms with E-state index in [1.807, 2.05) is 62.3 Å². The van der Waals surface area contributed by atoms with Crippen LogP contribution in [0.2, 0.25) is 0 Å². The summed E-state index contributed by atoms with van der Waals surface area (Å²) >= 11 is 0. The lowest BCUT2D eigenvalue weighted by Crippen LogP contribution is -2.44. The number of rotatable bonds is 6. The van der Waals surface area contributed by atoms with E-state index in [9.17, 15) is 25.3 Å². The van der Waals surface area contributed by atoms with Crippen LogP contribution in [-0.2, 0) is 30.1 Å². The Morgan fingerprint density at radius 3 is 0.544 bits per heavy atom. The van der Waals surface area contributed by atoms with Crippen LogP contribution in [0.1, 0.15) is 83.5 Å². The van der Waals surface area contributed by atoms with Crippen LogP contribution in [0.4, 0.5) is 0 Å².